The molecule has 4 heteroatoms. The Kier molecular flexibility index (Phi) is 6.68. The lowest BCUT2D eigenvalue weighted by Gasteiger charge is -2.28. The SMILES string of the molecule is CCCc1ccc(C(O)C(C)N(C)CCC(=O)O)cc1. The fourth-order valence-corrected chi connectivity index (χ4v) is 2.17. The zero-order valence-corrected chi connectivity index (χ0v) is 12.5. The lowest BCUT2D eigenvalue weighted by molar-refractivity contribution is -0.137. The Morgan fingerprint density at radius 2 is 1.90 bits per heavy atom. The number of hydrogen-bond acceptors (Lipinski definition) is 3. The van der Waals surface area contributed by atoms with Gasteiger partial charge in [0.25, 0.3) is 0 Å². The lowest BCUT2D eigenvalue weighted by atomic mass is 10.00. The molecule has 0 saturated carbocycles. The normalized spacial score (nSPS) is 14.2. The lowest BCUT2D eigenvalue weighted by Crippen LogP contribution is -2.35. The summed E-state index contributed by atoms with van der Waals surface area (Å²) in [5.74, 6) is -0.817. The van der Waals surface area contributed by atoms with Crippen molar-refractivity contribution in [3.63, 3.8) is 0 Å². The van der Waals surface area contributed by atoms with E-state index in [-0.39, 0.29) is 12.5 Å². The largest absolute Gasteiger partial charge is 0.481 e. The Morgan fingerprint density at radius 3 is 2.40 bits per heavy atom. The van der Waals surface area contributed by atoms with Crippen LogP contribution in [0.1, 0.15) is 43.9 Å². The highest BCUT2D eigenvalue weighted by atomic mass is 16.4. The topological polar surface area (TPSA) is 60.8 Å². The second kappa shape index (κ2) is 8.02. The molecule has 2 N–H and O–H groups in total. The van der Waals surface area contributed by atoms with Gasteiger partial charge >= 0.3 is 5.97 Å². The molecule has 2 atom stereocenters. The number of benzene rings is 1. The molecule has 0 heterocycles. The molecule has 2 unspecified atom stereocenters. The van der Waals surface area contributed by atoms with Crippen LogP contribution in [0.25, 0.3) is 0 Å². The Morgan fingerprint density at radius 1 is 1.30 bits per heavy atom. The van der Waals surface area contributed by atoms with Crippen molar-refractivity contribution >= 4 is 5.97 Å². The number of aliphatic hydroxyl groups is 1. The summed E-state index contributed by atoms with van der Waals surface area (Å²) in [4.78, 5) is 12.4. The van der Waals surface area contributed by atoms with Crippen LogP contribution in [0.4, 0.5) is 0 Å². The van der Waals surface area contributed by atoms with E-state index in [9.17, 15) is 9.90 Å². The summed E-state index contributed by atoms with van der Waals surface area (Å²) in [7, 11) is 1.84. The first-order valence-electron chi connectivity index (χ1n) is 7.14. The zero-order chi connectivity index (χ0) is 15.1. The predicted molar refractivity (Wildman–Crippen MR) is 79.7 cm³/mol. The molecule has 4 nitrogen and oxygen atoms in total. The average molecular weight is 279 g/mol. The van der Waals surface area contributed by atoms with Crippen molar-refractivity contribution in [3.8, 4) is 0 Å². The summed E-state index contributed by atoms with van der Waals surface area (Å²) in [6, 6.07) is 7.89. The third kappa shape index (κ3) is 4.94. The molecule has 0 saturated heterocycles. The minimum atomic E-state index is -0.817. The summed E-state index contributed by atoms with van der Waals surface area (Å²) in [6.07, 6.45) is 1.63. The van der Waals surface area contributed by atoms with Crippen LogP contribution in [0.2, 0.25) is 0 Å². The molecule has 0 spiro atoms. The highest BCUT2D eigenvalue weighted by Gasteiger charge is 2.20. The molecule has 0 amide bonds. The van der Waals surface area contributed by atoms with Gasteiger partial charge in [-0.3, -0.25) is 4.79 Å². The van der Waals surface area contributed by atoms with Gasteiger partial charge in [-0.1, -0.05) is 37.6 Å². The van der Waals surface area contributed by atoms with Crippen molar-refractivity contribution in [2.45, 2.75) is 45.3 Å². The molecule has 0 bridgehead atoms. The quantitative estimate of drug-likeness (QED) is 0.767. The van der Waals surface area contributed by atoms with Crippen LogP contribution in [0.3, 0.4) is 0 Å². The molecule has 0 aliphatic heterocycles. The van der Waals surface area contributed by atoms with Crippen molar-refractivity contribution in [1.29, 1.82) is 0 Å². The monoisotopic (exact) mass is 279 g/mol. The van der Waals surface area contributed by atoms with Gasteiger partial charge in [0.1, 0.15) is 0 Å². The second-order valence-corrected chi connectivity index (χ2v) is 5.30. The number of aliphatic carboxylic acids is 1. The molecule has 1 rings (SSSR count). The Hall–Kier alpha value is -1.39. The van der Waals surface area contributed by atoms with Gasteiger partial charge in [0.15, 0.2) is 0 Å². The van der Waals surface area contributed by atoms with Crippen molar-refractivity contribution in [3.05, 3.63) is 35.4 Å². The smallest absolute Gasteiger partial charge is 0.304 e. The van der Waals surface area contributed by atoms with Crippen LogP contribution in [0, 0.1) is 0 Å². The molecule has 0 aliphatic rings. The summed E-state index contributed by atoms with van der Waals surface area (Å²) in [5.41, 5.74) is 2.15. The van der Waals surface area contributed by atoms with E-state index in [1.54, 1.807) is 0 Å². The highest BCUT2D eigenvalue weighted by Crippen LogP contribution is 2.21. The number of carboxylic acids is 1. The first kappa shape index (κ1) is 16.7. The molecular formula is C16H25NO3. The van der Waals surface area contributed by atoms with E-state index in [0.29, 0.717) is 6.54 Å². The van der Waals surface area contributed by atoms with Gasteiger partial charge in [0.05, 0.1) is 12.5 Å². The van der Waals surface area contributed by atoms with Gasteiger partial charge in [0.2, 0.25) is 0 Å². The van der Waals surface area contributed by atoms with Crippen LogP contribution in [-0.4, -0.2) is 40.7 Å². The minimum Gasteiger partial charge on any atom is -0.481 e. The van der Waals surface area contributed by atoms with Crippen LogP contribution < -0.4 is 0 Å². The molecule has 1 aromatic carbocycles. The molecule has 0 aromatic heterocycles. The number of rotatable bonds is 8. The molecule has 112 valence electrons. The van der Waals surface area contributed by atoms with Gasteiger partial charge in [-0.2, -0.15) is 0 Å². The molecule has 0 aliphatic carbocycles. The van der Waals surface area contributed by atoms with Crippen molar-refractivity contribution < 1.29 is 15.0 Å². The molecule has 1 aromatic rings. The maximum absolute atomic E-state index is 10.6. The number of carbonyl (C=O) groups is 1. The number of nitrogens with zero attached hydrogens (tertiary/aromatic N) is 1. The summed E-state index contributed by atoms with van der Waals surface area (Å²) >= 11 is 0. The Bertz CT molecular complexity index is 416. The zero-order valence-electron chi connectivity index (χ0n) is 12.5. The molecule has 20 heavy (non-hydrogen) atoms. The third-order valence-electron chi connectivity index (χ3n) is 3.69. The van der Waals surface area contributed by atoms with Crippen molar-refractivity contribution in [2.75, 3.05) is 13.6 Å². The number of hydrogen-bond donors (Lipinski definition) is 2. The number of aliphatic hydroxyl groups excluding tert-OH is 1. The fraction of sp³-hybridized carbons (Fsp3) is 0.562. The van der Waals surface area contributed by atoms with Gasteiger partial charge in [0, 0.05) is 12.6 Å². The van der Waals surface area contributed by atoms with Crippen LogP contribution >= 0.6 is 0 Å². The Balaban J connectivity index is 2.62. The van der Waals surface area contributed by atoms with Crippen molar-refractivity contribution in [1.82, 2.24) is 4.90 Å². The van der Waals surface area contributed by atoms with Crippen LogP contribution in [0.15, 0.2) is 24.3 Å². The summed E-state index contributed by atoms with van der Waals surface area (Å²) in [6.45, 7) is 4.48. The summed E-state index contributed by atoms with van der Waals surface area (Å²) in [5, 5.41) is 19.0. The van der Waals surface area contributed by atoms with Gasteiger partial charge < -0.3 is 15.1 Å². The predicted octanol–water partition coefficient (Wildman–Crippen LogP) is 2.47. The van der Waals surface area contributed by atoms with Gasteiger partial charge in [-0.05, 0) is 31.5 Å². The van der Waals surface area contributed by atoms with E-state index in [0.717, 1.165) is 18.4 Å². The minimum absolute atomic E-state index is 0.0863. The fourth-order valence-electron chi connectivity index (χ4n) is 2.17. The van der Waals surface area contributed by atoms with Crippen LogP contribution in [0.5, 0.6) is 0 Å². The van der Waals surface area contributed by atoms with E-state index in [1.165, 1.54) is 5.56 Å². The van der Waals surface area contributed by atoms with Crippen LogP contribution in [-0.2, 0) is 11.2 Å². The van der Waals surface area contributed by atoms with E-state index >= 15 is 0 Å². The van der Waals surface area contributed by atoms with E-state index in [1.807, 2.05) is 43.1 Å². The maximum atomic E-state index is 10.6. The van der Waals surface area contributed by atoms with Gasteiger partial charge in [-0.15, -0.1) is 0 Å². The number of likely N-dealkylation sites (N-methyl/N-ethyl adjacent to an activating group) is 1. The highest BCUT2D eigenvalue weighted by molar-refractivity contribution is 5.66. The maximum Gasteiger partial charge on any atom is 0.304 e. The van der Waals surface area contributed by atoms with E-state index < -0.39 is 12.1 Å². The second-order valence-electron chi connectivity index (χ2n) is 5.30. The molecule has 0 radical (unpaired) electrons. The van der Waals surface area contributed by atoms with Gasteiger partial charge in [-0.25, -0.2) is 0 Å². The number of aryl methyl sites for hydroxylation is 1. The van der Waals surface area contributed by atoms with E-state index in [2.05, 4.69) is 6.92 Å². The number of carboxylic acid groups (broad SMARTS) is 1. The third-order valence-corrected chi connectivity index (χ3v) is 3.69. The molecule has 0 fully saturated rings. The molecular weight excluding hydrogens is 254 g/mol. The standard InChI is InChI=1S/C16H25NO3/c1-4-5-13-6-8-14(9-7-13)16(20)12(2)17(3)11-10-15(18)19/h6-9,12,16,20H,4-5,10-11H2,1-3H3,(H,18,19). The average Bonchev–Trinajstić information content (AvgIpc) is 2.44. The summed E-state index contributed by atoms with van der Waals surface area (Å²) < 4.78 is 0. The van der Waals surface area contributed by atoms with E-state index in [4.69, 9.17) is 5.11 Å². The Labute approximate surface area is 121 Å². The first-order chi connectivity index (χ1) is 9.45. The first-order valence-corrected chi connectivity index (χ1v) is 7.14. The van der Waals surface area contributed by atoms with Crippen molar-refractivity contribution in [2.24, 2.45) is 0 Å².